The summed E-state index contributed by atoms with van der Waals surface area (Å²) in [5, 5.41) is 19.5. The number of carboxylic acids is 2. The van der Waals surface area contributed by atoms with Gasteiger partial charge in [-0.05, 0) is 12.3 Å². The summed E-state index contributed by atoms with van der Waals surface area (Å²) in [6.45, 7) is 3.47. The molecule has 2 atom stereocenters. The Bertz CT molecular complexity index is 303. The van der Waals surface area contributed by atoms with Crippen molar-refractivity contribution in [2.45, 2.75) is 38.8 Å². The maximum absolute atomic E-state index is 11.5. The number of carbonyl (C=O) groups excluding carboxylic acids is 1. The highest BCUT2D eigenvalue weighted by molar-refractivity contribution is 5.87. The molecule has 5 N–H and O–H groups in total. The second-order valence-electron chi connectivity index (χ2n) is 4.10. The third-order valence-electron chi connectivity index (χ3n) is 2.28. The van der Waals surface area contributed by atoms with Gasteiger partial charge in [-0.15, -0.1) is 0 Å². The number of nitrogens with two attached hydrogens (primary N) is 1. The lowest BCUT2D eigenvalue weighted by Gasteiger charge is -2.19. The van der Waals surface area contributed by atoms with Crippen molar-refractivity contribution in [1.82, 2.24) is 5.32 Å². The van der Waals surface area contributed by atoms with Gasteiger partial charge in [-0.1, -0.05) is 13.8 Å². The minimum absolute atomic E-state index is 0.121. The smallest absolute Gasteiger partial charge is 0.326 e. The highest BCUT2D eigenvalue weighted by Gasteiger charge is 2.25. The molecule has 0 unspecified atom stereocenters. The molecule has 0 aromatic rings. The Hall–Kier alpha value is -1.63. The average Bonchev–Trinajstić information content (AvgIpc) is 2.21. The molecular weight excluding hydrogens is 228 g/mol. The largest absolute Gasteiger partial charge is 0.481 e. The van der Waals surface area contributed by atoms with Crippen LogP contribution in [0.2, 0.25) is 0 Å². The van der Waals surface area contributed by atoms with E-state index >= 15 is 0 Å². The molecule has 0 radical (unpaired) electrons. The third-order valence-corrected chi connectivity index (χ3v) is 2.28. The van der Waals surface area contributed by atoms with E-state index < -0.39 is 29.9 Å². The third kappa shape index (κ3) is 5.86. The Morgan fingerprint density at radius 2 is 1.76 bits per heavy atom. The number of aliphatic carboxylic acids is 2. The molecule has 0 bridgehead atoms. The Kier molecular flexibility index (Phi) is 6.19. The molecule has 0 aromatic carbocycles. The van der Waals surface area contributed by atoms with Crippen molar-refractivity contribution >= 4 is 17.8 Å². The Morgan fingerprint density at radius 3 is 2.12 bits per heavy atom. The van der Waals surface area contributed by atoms with Gasteiger partial charge in [0.25, 0.3) is 0 Å². The van der Waals surface area contributed by atoms with Gasteiger partial charge in [0, 0.05) is 6.42 Å². The maximum atomic E-state index is 11.5. The molecule has 7 nitrogen and oxygen atoms in total. The zero-order chi connectivity index (χ0) is 13.6. The van der Waals surface area contributed by atoms with E-state index in [1.807, 2.05) is 0 Å². The van der Waals surface area contributed by atoms with E-state index in [0.717, 1.165) is 0 Å². The summed E-state index contributed by atoms with van der Waals surface area (Å²) in [6.07, 6.45) is -0.491. The quantitative estimate of drug-likeness (QED) is 0.474. The van der Waals surface area contributed by atoms with Crippen LogP contribution in [0.25, 0.3) is 0 Å². The van der Waals surface area contributed by atoms with Crippen molar-refractivity contribution in [3.8, 4) is 0 Å². The van der Waals surface area contributed by atoms with E-state index in [1.54, 1.807) is 13.8 Å². The molecule has 0 spiro atoms. The number of rotatable bonds is 7. The van der Waals surface area contributed by atoms with Gasteiger partial charge in [-0.25, -0.2) is 4.79 Å². The summed E-state index contributed by atoms with van der Waals surface area (Å²) >= 11 is 0. The predicted octanol–water partition coefficient (Wildman–Crippen LogP) is -0.596. The lowest BCUT2D eigenvalue weighted by molar-refractivity contribution is -0.143. The van der Waals surface area contributed by atoms with Gasteiger partial charge < -0.3 is 21.3 Å². The SMILES string of the molecule is CC(C)[C@@H](N)C(=O)N[C@@H](CCC(=O)O)C(=O)O. The van der Waals surface area contributed by atoms with Gasteiger partial charge in [0.2, 0.25) is 5.91 Å². The van der Waals surface area contributed by atoms with Crippen LogP contribution in [0.3, 0.4) is 0 Å². The molecule has 0 aliphatic heterocycles. The Morgan fingerprint density at radius 1 is 1.24 bits per heavy atom. The summed E-state index contributed by atoms with van der Waals surface area (Å²) in [7, 11) is 0. The predicted molar refractivity (Wildman–Crippen MR) is 59.2 cm³/mol. The van der Waals surface area contributed by atoms with Gasteiger partial charge in [-0.3, -0.25) is 9.59 Å². The molecule has 0 saturated heterocycles. The molecule has 98 valence electrons. The number of amides is 1. The number of carboxylic acid groups (broad SMARTS) is 2. The monoisotopic (exact) mass is 246 g/mol. The van der Waals surface area contributed by atoms with Crippen LogP contribution in [0.4, 0.5) is 0 Å². The van der Waals surface area contributed by atoms with Crippen LogP contribution >= 0.6 is 0 Å². The molecule has 0 aliphatic carbocycles. The van der Waals surface area contributed by atoms with Gasteiger partial charge in [-0.2, -0.15) is 0 Å². The average molecular weight is 246 g/mol. The number of hydrogen-bond donors (Lipinski definition) is 4. The molecule has 17 heavy (non-hydrogen) atoms. The van der Waals surface area contributed by atoms with Crippen LogP contribution < -0.4 is 11.1 Å². The van der Waals surface area contributed by atoms with Crippen LogP contribution in [0.1, 0.15) is 26.7 Å². The second kappa shape index (κ2) is 6.85. The summed E-state index contributed by atoms with van der Waals surface area (Å²) in [5.41, 5.74) is 5.54. The topological polar surface area (TPSA) is 130 Å². The first-order valence-corrected chi connectivity index (χ1v) is 5.26. The Balaban J connectivity index is 4.39. The van der Waals surface area contributed by atoms with Gasteiger partial charge in [0.15, 0.2) is 0 Å². The van der Waals surface area contributed by atoms with Crippen molar-refractivity contribution in [2.24, 2.45) is 11.7 Å². The fourth-order valence-corrected chi connectivity index (χ4v) is 1.10. The fourth-order valence-electron chi connectivity index (χ4n) is 1.10. The van der Waals surface area contributed by atoms with E-state index in [2.05, 4.69) is 5.32 Å². The van der Waals surface area contributed by atoms with Crippen molar-refractivity contribution in [3.05, 3.63) is 0 Å². The summed E-state index contributed by atoms with van der Waals surface area (Å²) in [6, 6.07) is -2.02. The molecule has 0 saturated carbocycles. The molecule has 0 aliphatic rings. The van der Waals surface area contributed by atoms with Crippen molar-refractivity contribution in [1.29, 1.82) is 0 Å². The summed E-state index contributed by atoms with van der Waals surface area (Å²) in [4.78, 5) is 32.6. The highest BCUT2D eigenvalue weighted by Crippen LogP contribution is 2.02. The number of hydrogen-bond acceptors (Lipinski definition) is 4. The van der Waals surface area contributed by atoms with E-state index in [0.29, 0.717) is 0 Å². The van der Waals surface area contributed by atoms with Gasteiger partial charge in [0.1, 0.15) is 6.04 Å². The molecule has 0 heterocycles. The lowest BCUT2D eigenvalue weighted by atomic mass is 10.0. The maximum Gasteiger partial charge on any atom is 0.326 e. The molecule has 1 amide bonds. The first kappa shape index (κ1) is 15.4. The normalized spacial score (nSPS) is 14.1. The molecule has 0 aromatic heterocycles. The molecule has 0 rings (SSSR count). The lowest BCUT2D eigenvalue weighted by Crippen LogP contribution is -2.50. The van der Waals surface area contributed by atoms with Gasteiger partial charge >= 0.3 is 11.9 Å². The zero-order valence-electron chi connectivity index (χ0n) is 9.84. The summed E-state index contributed by atoms with van der Waals surface area (Å²) < 4.78 is 0. The second-order valence-corrected chi connectivity index (χ2v) is 4.10. The standard InChI is InChI=1S/C10H18N2O5/c1-5(2)8(11)9(15)12-6(10(16)17)3-4-7(13)14/h5-6,8H,3-4,11H2,1-2H3,(H,12,15)(H,13,14)(H,16,17)/t6-,8+/m0/s1. The Labute approximate surface area is 99.0 Å². The highest BCUT2D eigenvalue weighted by atomic mass is 16.4. The van der Waals surface area contributed by atoms with E-state index in [-0.39, 0.29) is 18.8 Å². The molecular formula is C10H18N2O5. The van der Waals surface area contributed by atoms with Crippen LogP contribution in [0.5, 0.6) is 0 Å². The first-order chi connectivity index (χ1) is 7.75. The number of carbonyl (C=O) groups is 3. The summed E-state index contributed by atoms with van der Waals surface area (Å²) in [5.74, 6) is -3.09. The van der Waals surface area contributed by atoms with E-state index in [1.165, 1.54) is 0 Å². The number of nitrogens with one attached hydrogen (secondary N) is 1. The van der Waals surface area contributed by atoms with Crippen molar-refractivity contribution in [3.63, 3.8) is 0 Å². The van der Waals surface area contributed by atoms with E-state index in [4.69, 9.17) is 15.9 Å². The molecule has 7 heteroatoms. The van der Waals surface area contributed by atoms with Crippen LogP contribution in [0, 0.1) is 5.92 Å². The van der Waals surface area contributed by atoms with Crippen molar-refractivity contribution in [2.75, 3.05) is 0 Å². The minimum Gasteiger partial charge on any atom is -0.481 e. The van der Waals surface area contributed by atoms with Crippen molar-refractivity contribution < 1.29 is 24.6 Å². The van der Waals surface area contributed by atoms with Crippen LogP contribution in [0.15, 0.2) is 0 Å². The minimum atomic E-state index is -1.27. The first-order valence-electron chi connectivity index (χ1n) is 5.26. The zero-order valence-corrected chi connectivity index (χ0v) is 9.84. The van der Waals surface area contributed by atoms with E-state index in [9.17, 15) is 14.4 Å². The fraction of sp³-hybridized carbons (Fsp3) is 0.700. The van der Waals surface area contributed by atoms with Gasteiger partial charge in [0.05, 0.1) is 6.04 Å². The van der Waals surface area contributed by atoms with Crippen LogP contribution in [-0.2, 0) is 14.4 Å². The van der Waals surface area contributed by atoms with Crippen LogP contribution in [-0.4, -0.2) is 40.1 Å². The molecule has 0 fully saturated rings.